The van der Waals surface area contributed by atoms with Gasteiger partial charge >= 0.3 is 7.05 Å². The quantitative estimate of drug-likeness (QED) is 0.449. The van der Waals surface area contributed by atoms with Crippen LogP contribution in [0.25, 0.3) is 0 Å². The molecule has 0 unspecified atom stereocenters. The number of nitroso groups, excluding NO2 is 1. The van der Waals surface area contributed by atoms with Crippen LogP contribution in [0.3, 0.4) is 0 Å². The molecule has 0 fully saturated rings. The van der Waals surface area contributed by atoms with Crippen LogP contribution in [0.2, 0.25) is 0 Å². The summed E-state index contributed by atoms with van der Waals surface area (Å²) in [5.74, 6) is -0.392. The van der Waals surface area contributed by atoms with Gasteiger partial charge in [-0.15, -0.1) is 0 Å². The number of phenolic OH excluding ortho intramolecular Hbond substituents is 1. The van der Waals surface area contributed by atoms with Crippen LogP contribution in [0.4, 0.5) is 0 Å². The molecule has 0 aromatic heterocycles. The van der Waals surface area contributed by atoms with Gasteiger partial charge in [0.1, 0.15) is 5.75 Å². The van der Waals surface area contributed by atoms with E-state index in [1.165, 1.54) is 20.3 Å². The van der Waals surface area contributed by atoms with Gasteiger partial charge < -0.3 is 24.6 Å². The van der Waals surface area contributed by atoms with Gasteiger partial charge in [-0.3, -0.25) is 4.79 Å². The van der Waals surface area contributed by atoms with E-state index in [1.54, 1.807) is 6.07 Å². The molecule has 1 aromatic rings. The molecule has 0 bridgehead atoms. The van der Waals surface area contributed by atoms with Crippen molar-refractivity contribution in [1.29, 1.82) is 0 Å². The molecule has 2 rings (SSSR count). The average Bonchev–Trinajstić information content (AvgIpc) is 2.91. The molecule has 0 saturated carbocycles. The maximum atomic E-state index is 12.0. The minimum Gasteiger partial charge on any atom is -0.535 e. The number of amides is 1. The summed E-state index contributed by atoms with van der Waals surface area (Å²) in [6.45, 7) is 0.165. The molecule has 9 heteroatoms. The number of aromatic hydroxyl groups is 1. The van der Waals surface area contributed by atoms with Crippen molar-refractivity contribution >= 4 is 13.0 Å². The smallest absolute Gasteiger partial charge is 0.535 e. The normalized spacial score (nSPS) is 13.0. The highest BCUT2D eigenvalue weighted by Crippen LogP contribution is 2.37. The second-order valence-electron chi connectivity index (χ2n) is 4.48. The van der Waals surface area contributed by atoms with E-state index in [1.807, 2.05) is 0 Å². The summed E-state index contributed by atoms with van der Waals surface area (Å²) in [5, 5.41) is 15.2. The van der Waals surface area contributed by atoms with Crippen LogP contribution >= 0.6 is 0 Å². The number of fused-ring (bicyclic) bond motifs is 1. The van der Waals surface area contributed by atoms with E-state index in [2.05, 4.69) is 10.4 Å². The summed E-state index contributed by atoms with van der Waals surface area (Å²) < 4.78 is 15.1. The van der Waals surface area contributed by atoms with Gasteiger partial charge in [0.05, 0.1) is 6.54 Å². The van der Waals surface area contributed by atoms with Crippen molar-refractivity contribution < 1.29 is 24.0 Å². The van der Waals surface area contributed by atoms with Crippen LogP contribution in [0, 0.1) is 4.91 Å². The molecule has 8 nitrogen and oxygen atoms in total. The van der Waals surface area contributed by atoms with Crippen LogP contribution in [-0.2, 0) is 15.8 Å². The Labute approximate surface area is 121 Å². The number of methoxy groups -OCH3 is 2. The van der Waals surface area contributed by atoms with E-state index in [-0.39, 0.29) is 29.9 Å². The van der Waals surface area contributed by atoms with Crippen LogP contribution in [0.5, 0.6) is 11.5 Å². The standard InChI is InChI=1S/C12H15BN2O6/c1-19-10(20-2)6-14-12(17)7-3-8-5-13(15-18)21-11(8)9(16)4-7/h3-4,10,16H,5-6H2,1-2H3,(H,14,17). The summed E-state index contributed by atoms with van der Waals surface area (Å²) in [7, 11) is 2.06. The number of phenols is 1. The third kappa shape index (κ3) is 3.31. The second-order valence-corrected chi connectivity index (χ2v) is 4.48. The monoisotopic (exact) mass is 294 g/mol. The van der Waals surface area contributed by atoms with E-state index in [0.717, 1.165) is 0 Å². The van der Waals surface area contributed by atoms with E-state index in [0.29, 0.717) is 5.56 Å². The topological polar surface area (TPSA) is 106 Å². The fourth-order valence-corrected chi connectivity index (χ4v) is 2.06. The van der Waals surface area contributed by atoms with E-state index in [4.69, 9.17) is 14.1 Å². The summed E-state index contributed by atoms with van der Waals surface area (Å²) in [6.07, 6.45) is -0.323. The number of nitrogens with zero attached hydrogens (tertiary/aromatic N) is 1. The minimum absolute atomic E-state index is 0.165. The molecule has 1 amide bonds. The Morgan fingerprint density at radius 1 is 1.52 bits per heavy atom. The van der Waals surface area contributed by atoms with Gasteiger partial charge in [0.2, 0.25) is 0 Å². The van der Waals surface area contributed by atoms with Crippen LogP contribution in [0.15, 0.2) is 17.2 Å². The lowest BCUT2D eigenvalue weighted by atomic mass is 9.80. The van der Waals surface area contributed by atoms with Crippen molar-refractivity contribution in [1.82, 2.24) is 5.32 Å². The molecule has 0 spiro atoms. The third-order valence-corrected chi connectivity index (χ3v) is 3.13. The average molecular weight is 294 g/mol. The van der Waals surface area contributed by atoms with Crippen LogP contribution in [0.1, 0.15) is 15.9 Å². The molecule has 0 aliphatic carbocycles. The summed E-state index contributed by atoms with van der Waals surface area (Å²) in [4.78, 5) is 22.5. The SMILES string of the molecule is COC(CNC(=O)c1cc(O)c2c(c1)CB(N=O)O2)OC. The van der Waals surface area contributed by atoms with Crippen molar-refractivity contribution in [2.24, 2.45) is 5.09 Å². The Balaban J connectivity index is 2.10. The van der Waals surface area contributed by atoms with Crippen molar-refractivity contribution in [2.45, 2.75) is 12.6 Å². The Hall–Kier alpha value is -2.13. The lowest BCUT2D eigenvalue weighted by molar-refractivity contribution is -0.0974. The van der Waals surface area contributed by atoms with Gasteiger partial charge in [0.15, 0.2) is 12.0 Å². The van der Waals surface area contributed by atoms with Crippen LogP contribution in [-0.4, -0.2) is 45.1 Å². The number of hydrogen-bond donors (Lipinski definition) is 2. The molecule has 0 radical (unpaired) electrons. The Kier molecular flexibility index (Phi) is 4.76. The predicted octanol–water partition coefficient (Wildman–Crippen LogP) is 0.470. The number of rotatable bonds is 6. The number of carbonyl (C=O) groups excluding carboxylic acids is 1. The number of hydrogen-bond acceptors (Lipinski definition) is 7. The first-order valence-electron chi connectivity index (χ1n) is 6.27. The Morgan fingerprint density at radius 3 is 2.86 bits per heavy atom. The fraction of sp³-hybridized carbons (Fsp3) is 0.417. The summed E-state index contributed by atoms with van der Waals surface area (Å²) in [6, 6.07) is 2.83. The fourth-order valence-electron chi connectivity index (χ4n) is 2.06. The molecule has 112 valence electrons. The van der Waals surface area contributed by atoms with Gasteiger partial charge in [-0.05, 0) is 17.7 Å². The highest BCUT2D eigenvalue weighted by atomic mass is 16.7. The summed E-state index contributed by atoms with van der Waals surface area (Å²) >= 11 is 0. The van der Waals surface area contributed by atoms with E-state index in [9.17, 15) is 14.8 Å². The molecule has 1 aromatic carbocycles. The van der Waals surface area contributed by atoms with Gasteiger partial charge in [0, 0.05) is 26.1 Å². The van der Waals surface area contributed by atoms with E-state index < -0.39 is 19.2 Å². The molecule has 2 N–H and O–H groups in total. The minimum atomic E-state index is -0.865. The maximum absolute atomic E-state index is 12.0. The molecular formula is C12H15BN2O6. The van der Waals surface area contributed by atoms with Crippen molar-refractivity contribution in [3.05, 3.63) is 28.2 Å². The first-order chi connectivity index (χ1) is 10.1. The number of nitrogens with one attached hydrogen (secondary N) is 1. The van der Waals surface area contributed by atoms with Gasteiger partial charge in [-0.25, -0.2) is 0 Å². The van der Waals surface area contributed by atoms with Crippen molar-refractivity contribution in [3.8, 4) is 11.5 Å². The Morgan fingerprint density at radius 2 is 2.24 bits per heavy atom. The molecule has 1 heterocycles. The van der Waals surface area contributed by atoms with Crippen molar-refractivity contribution in [2.75, 3.05) is 20.8 Å². The highest BCUT2D eigenvalue weighted by Gasteiger charge is 2.33. The number of ether oxygens (including phenoxy) is 2. The van der Waals surface area contributed by atoms with Crippen LogP contribution < -0.4 is 9.97 Å². The van der Waals surface area contributed by atoms with Gasteiger partial charge in [-0.1, -0.05) is 5.09 Å². The van der Waals surface area contributed by atoms with E-state index >= 15 is 0 Å². The predicted molar refractivity (Wildman–Crippen MR) is 74.1 cm³/mol. The molecule has 1 aliphatic rings. The molecule has 21 heavy (non-hydrogen) atoms. The number of carbonyl (C=O) groups is 1. The van der Waals surface area contributed by atoms with Gasteiger partial charge in [0.25, 0.3) is 5.91 Å². The maximum Gasteiger partial charge on any atom is 0.551 e. The molecular weight excluding hydrogens is 279 g/mol. The third-order valence-electron chi connectivity index (χ3n) is 3.13. The van der Waals surface area contributed by atoms with Crippen molar-refractivity contribution in [3.63, 3.8) is 0 Å². The number of benzene rings is 1. The van der Waals surface area contributed by atoms with Gasteiger partial charge in [-0.2, -0.15) is 4.91 Å². The second kappa shape index (κ2) is 6.55. The first kappa shape index (κ1) is 15.3. The first-order valence-corrected chi connectivity index (χ1v) is 6.27. The largest absolute Gasteiger partial charge is 0.551 e. The lowest BCUT2D eigenvalue weighted by Crippen LogP contribution is -2.34. The molecule has 0 atom stereocenters. The zero-order chi connectivity index (χ0) is 15.4. The Bertz CT molecular complexity index is 549. The zero-order valence-corrected chi connectivity index (χ0v) is 11.7. The lowest BCUT2D eigenvalue weighted by Gasteiger charge is -2.14. The zero-order valence-electron chi connectivity index (χ0n) is 11.7. The molecule has 0 saturated heterocycles. The highest BCUT2D eigenvalue weighted by molar-refractivity contribution is 6.51. The summed E-state index contributed by atoms with van der Waals surface area (Å²) in [5.41, 5.74) is 0.826. The molecule has 1 aliphatic heterocycles.